The standard InChI is InChI=1S/C13H11F3N4O/c14-13(15,16)8-4-6-9(7-5-8)18-12(21)10-2-1-3-11(19-10)20-17/h1-7H,17H2,(H,18,21)(H,19,20). The van der Waals surface area contributed by atoms with Crippen molar-refractivity contribution in [1.29, 1.82) is 0 Å². The monoisotopic (exact) mass is 296 g/mol. The first kappa shape index (κ1) is 14.8. The SMILES string of the molecule is NNc1cccc(C(=O)Nc2ccc(C(F)(F)F)cc2)n1. The number of carbonyl (C=O) groups excluding carboxylic acids is 1. The molecule has 0 atom stereocenters. The Labute approximate surface area is 118 Å². The fourth-order valence-electron chi connectivity index (χ4n) is 1.58. The van der Waals surface area contributed by atoms with Crippen molar-refractivity contribution in [2.75, 3.05) is 10.7 Å². The molecular weight excluding hydrogens is 285 g/mol. The number of hydrogen-bond donors (Lipinski definition) is 3. The molecule has 8 heteroatoms. The lowest BCUT2D eigenvalue weighted by Gasteiger charge is -2.09. The third-order valence-electron chi connectivity index (χ3n) is 2.60. The fourth-order valence-corrected chi connectivity index (χ4v) is 1.58. The maximum atomic E-state index is 12.4. The van der Waals surface area contributed by atoms with Crippen molar-refractivity contribution in [2.45, 2.75) is 6.18 Å². The largest absolute Gasteiger partial charge is 0.416 e. The van der Waals surface area contributed by atoms with Gasteiger partial charge in [0, 0.05) is 5.69 Å². The third-order valence-corrected chi connectivity index (χ3v) is 2.60. The van der Waals surface area contributed by atoms with Crippen molar-refractivity contribution in [1.82, 2.24) is 4.98 Å². The fraction of sp³-hybridized carbons (Fsp3) is 0.0769. The molecule has 2 rings (SSSR count). The number of anilines is 2. The van der Waals surface area contributed by atoms with E-state index in [1.165, 1.54) is 18.2 Å². The summed E-state index contributed by atoms with van der Waals surface area (Å²) < 4.78 is 37.2. The number of nitrogens with one attached hydrogen (secondary N) is 2. The van der Waals surface area contributed by atoms with Crippen molar-refractivity contribution in [3.05, 3.63) is 53.7 Å². The molecule has 0 unspecified atom stereocenters. The van der Waals surface area contributed by atoms with E-state index >= 15 is 0 Å². The van der Waals surface area contributed by atoms with E-state index in [0.29, 0.717) is 5.82 Å². The second-order valence-corrected chi connectivity index (χ2v) is 4.08. The zero-order valence-corrected chi connectivity index (χ0v) is 10.6. The van der Waals surface area contributed by atoms with E-state index in [2.05, 4.69) is 15.7 Å². The van der Waals surface area contributed by atoms with E-state index in [-0.39, 0.29) is 11.4 Å². The summed E-state index contributed by atoms with van der Waals surface area (Å²) in [7, 11) is 0. The minimum absolute atomic E-state index is 0.0883. The smallest absolute Gasteiger partial charge is 0.321 e. The molecule has 1 heterocycles. The van der Waals surface area contributed by atoms with Crippen molar-refractivity contribution >= 4 is 17.4 Å². The number of hydrogen-bond acceptors (Lipinski definition) is 4. The van der Waals surface area contributed by atoms with Crippen LogP contribution in [0.1, 0.15) is 16.1 Å². The highest BCUT2D eigenvalue weighted by Crippen LogP contribution is 2.29. The summed E-state index contributed by atoms with van der Waals surface area (Å²) in [6.45, 7) is 0. The molecule has 0 spiro atoms. The van der Waals surface area contributed by atoms with E-state index in [4.69, 9.17) is 5.84 Å². The number of carbonyl (C=O) groups is 1. The van der Waals surface area contributed by atoms with Crippen LogP contribution in [0.5, 0.6) is 0 Å². The minimum Gasteiger partial charge on any atom is -0.321 e. The third kappa shape index (κ3) is 3.69. The lowest BCUT2D eigenvalue weighted by molar-refractivity contribution is -0.137. The maximum Gasteiger partial charge on any atom is 0.416 e. The molecule has 0 aliphatic carbocycles. The molecule has 2 aromatic rings. The molecule has 0 saturated heterocycles. The summed E-state index contributed by atoms with van der Waals surface area (Å²) in [6.07, 6.45) is -4.41. The summed E-state index contributed by atoms with van der Waals surface area (Å²) >= 11 is 0. The van der Waals surface area contributed by atoms with Gasteiger partial charge in [-0.25, -0.2) is 10.8 Å². The highest BCUT2D eigenvalue weighted by molar-refractivity contribution is 6.03. The van der Waals surface area contributed by atoms with E-state index in [1.807, 2.05) is 0 Å². The van der Waals surface area contributed by atoms with Crippen molar-refractivity contribution in [3.8, 4) is 0 Å². The van der Waals surface area contributed by atoms with Crippen LogP contribution >= 0.6 is 0 Å². The van der Waals surface area contributed by atoms with Crippen LogP contribution in [-0.4, -0.2) is 10.9 Å². The van der Waals surface area contributed by atoms with Crippen LogP contribution in [0.3, 0.4) is 0 Å². The Morgan fingerprint density at radius 3 is 2.33 bits per heavy atom. The highest BCUT2D eigenvalue weighted by Gasteiger charge is 2.29. The second kappa shape index (κ2) is 5.80. The molecule has 0 fully saturated rings. The Hall–Kier alpha value is -2.61. The Bertz CT molecular complexity index is 641. The van der Waals surface area contributed by atoms with Crippen LogP contribution < -0.4 is 16.6 Å². The number of nitrogens with zero attached hydrogens (tertiary/aromatic N) is 1. The van der Waals surface area contributed by atoms with Gasteiger partial charge in [-0.05, 0) is 36.4 Å². The van der Waals surface area contributed by atoms with Gasteiger partial charge in [0.15, 0.2) is 0 Å². The summed E-state index contributed by atoms with van der Waals surface area (Å²) in [6, 6.07) is 8.72. The zero-order valence-electron chi connectivity index (χ0n) is 10.6. The molecule has 0 radical (unpaired) electrons. The Balaban J connectivity index is 2.12. The molecule has 0 aliphatic heterocycles. The molecule has 1 aromatic heterocycles. The average Bonchev–Trinajstić information content (AvgIpc) is 2.47. The topological polar surface area (TPSA) is 80.0 Å². The molecule has 110 valence electrons. The normalized spacial score (nSPS) is 11.0. The van der Waals surface area contributed by atoms with Gasteiger partial charge in [0.05, 0.1) is 5.56 Å². The van der Waals surface area contributed by atoms with Crippen molar-refractivity contribution < 1.29 is 18.0 Å². The van der Waals surface area contributed by atoms with Crippen molar-refractivity contribution in [2.24, 2.45) is 5.84 Å². The molecule has 5 nitrogen and oxygen atoms in total. The van der Waals surface area contributed by atoms with Crippen LogP contribution in [0.15, 0.2) is 42.5 Å². The molecule has 0 bridgehead atoms. The summed E-state index contributed by atoms with van der Waals surface area (Å²) in [5.41, 5.74) is 1.83. The number of amides is 1. The van der Waals surface area contributed by atoms with Gasteiger partial charge >= 0.3 is 6.18 Å². The quantitative estimate of drug-likeness (QED) is 0.601. The Morgan fingerprint density at radius 2 is 1.76 bits per heavy atom. The predicted octanol–water partition coefficient (Wildman–Crippen LogP) is 2.64. The Kier molecular flexibility index (Phi) is 4.08. The van der Waals surface area contributed by atoms with Gasteiger partial charge in [0.2, 0.25) is 0 Å². The first-order chi connectivity index (χ1) is 9.90. The van der Waals surface area contributed by atoms with Gasteiger partial charge in [-0.3, -0.25) is 4.79 Å². The van der Waals surface area contributed by atoms with Crippen LogP contribution in [0.2, 0.25) is 0 Å². The number of hydrazine groups is 1. The molecule has 0 aliphatic rings. The number of alkyl halides is 3. The first-order valence-corrected chi connectivity index (χ1v) is 5.82. The molecule has 4 N–H and O–H groups in total. The second-order valence-electron chi connectivity index (χ2n) is 4.08. The van der Waals surface area contributed by atoms with Crippen LogP contribution in [0, 0.1) is 0 Å². The van der Waals surface area contributed by atoms with Gasteiger partial charge < -0.3 is 10.7 Å². The number of pyridine rings is 1. The number of nitrogen functional groups attached to an aromatic ring is 1. The molecule has 21 heavy (non-hydrogen) atoms. The average molecular weight is 296 g/mol. The lowest BCUT2D eigenvalue weighted by atomic mass is 10.2. The van der Waals surface area contributed by atoms with E-state index < -0.39 is 17.6 Å². The Morgan fingerprint density at radius 1 is 1.10 bits per heavy atom. The summed E-state index contributed by atoms with van der Waals surface area (Å²) in [5.74, 6) is 4.93. The molecule has 0 saturated carbocycles. The van der Waals surface area contributed by atoms with Gasteiger partial charge in [0.25, 0.3) is 5.91 Å². The number of nitrogens with two attached hydrogens (primary N) is 1. The summed E-state index contributed by atoms with van der Waals surface area (Å²) in [5, 5.41) is 2.45. The lowest BCUT2D eigenvalue weighted by Crippen LogP contribution is -2.16. The van der Waals surface area contributed by atoms with Crippen LogP contribution in [0.4, 0.5) is 24.7 Å². The minimum atomic E-state index is -4.41. The number of rotatable bonds is 3. The molecule has 1 amide bonds. The van der Waals surface area contributed by atoms with Gasteiger partial charge in [-0.2, -0.15) is 13.2 Å². The molecular formula is C13H11F3N4O. The number of aromatic nitrogens is 1. The van der Waals surface area contributed by atoms with Crippen molar-refractivity contribution in [3.63, 3.8) is 0 Å². The van der Waals surface area contributed by atoms with E-state index in [9.17, 15) is 18.0 Å². The summed E-state index contributed by atoms with van der Waals surface area (Å²) in [4.78, 5) is 15.8. The predicted molar refractivity (Wildman–Crippen MR) is 71.4 cm³/mol. The first-order valence-electron chi connectivity index (χ1n) is 5.82. The number of halogens is 3. The van der Waals surface area contributed by atoms with Gasteiger partial charge in [-0.1, -0.05) is 6.07 Å². The van der Waals surface area contributed by atoms with Gasteiger partial charge in [-0.15, -0.1) is 0 Å². The highest BCUT2D eigenvalue weighted by atomic mass is 19.4. The molecule has 1 aromatic carbocycles. The van der Waals surface area contributed by atoms with E-state index in [0.717, 1.165) is 12.1 Å². The zero-order chi connectivity index (χ0) is 15.5. The number of benzene rings is 1. The maximum absolute atomic E-state index is 12.4. The van der Waals surface area contributed by atoms with E-state index in [1.54, 1.807) is 12.1 Å². The van der Waals surface area contributed by atoms with Crippen LogP contribution in [0.25, 0.3) is 0 Å². The van der Waals surface area contributed by atoms with Gasteiger partial charge in [0.1, 0.15) is 11.5 Å². The van der Waals surface area contributed by atoms with Crippen LogP contribution in [-0.2, 0) is 6.18 Å².